The maximum Gasteiger partial charge on any atom is 0.297 e. The molecule has 1 aliphatic rings. The van der Waals surface area contributed by atoms with Crippen LogP contribution in [0.5, 0.6) is 0 Å². The Bertz CT molecular complexity index is 1010. The van der Waals surface area contributed by atoms with Gasteiger partial charge in [0.15, 0.2) is 0 Å². The maximum absolute atomic E-state index is 13.0. The van der Waals surface area contributed by atoms with Crippen LogP contribution in [-0.2, 0) is 24.3 Å². The summed E-state index contributed by atoms with van der Waals surface area (Å²) in [5, 5.41) is 0. The summed E-state index contributed by atoms with van der Waals surface area (Å²) < 4.78 is 82.1. The zero-order chi connectivity index (χ0) is 19.7. The quantitative estimate of drug-likeness (QED) is 0.675. The summed E-state index contributed by atoms with van der Waals surface area (Å²) in [5.41, 5.74) is 0. The van der Waals surface area contributed by atoms with Gasteiger partial charge in [0.2, 0.25) is 10.0 Å². The van der Waals surface area contributed by atoms with E-state index in [0.29, 0.717) is 12.8 Å². The third kappa shape index (κ3) is 4.34. The van der Waals surface area contributed by atoms with Crippen LogP contribution in [0, 0.1) is 11.6 Å². The Labute approximate surface area is 156 Å². The second-order valence-electron chi connectivity index (χ2n) is 6.06. The number of hydrogen-bond acceptors (Lipinski definition) is 5. The fourth-order valence-electron chi connectivity index (χ4n) is 2.87. The lowest BCUT2D eigenvalue weighted by Crippen LogP contribution is -2.38. The van der Waals surface area contributed by atoms with Gasteiger partial charge in [-0.2, -0.15) is 12.7 Å². The summed E-state index contributed by atoms with van der Waals surface area (Å²) in [6.07, 6.45) is 0.977. The monoisotopic (exact) mass is 417 g/mol. The van der Waals surface area contributed by atoms with E-state index in [1.165, 1.54) is 4.31 Å². The molecule has 10 heteroatoms. The smallest absolute Gasteiger partial charge is 0.265 e. The fraction of sp³-hybridized carbons (Fsp3) is 0.294. The molecule has 1 aliphatic heterocycles. The molecule has 0 saturated carbocycles. The van der Waals surface area contributed by atoms with Gasteiger partial charge in [0.1, 0.15) is 11.6 Å². The van der Waals surface area contributed by atoms with E-state index in [2.05, 4.69) is 0 Å². The summed E-state index contributed by atoms with van der Waals surface area (Å²) in [6, 6.07) is 7.90. The minimum atomic E-state index is -4.14. The van der Waals surface area contributed by atoms with E-state index in [4.69, 9.17) is 4.18 Å². The van der Waals surface area contributed by atoms with Crippen molar-refractivity contribution in [2.75, 3.05) is 13.2 Å². The molecule has 27 heavy (non-hydrogen) atoms. The van der Waals surface area contributed by atoms with Gasteiger partial charge in [-0.1, -0.05) is 0 Å². The van der Waals surface area contributed by atoms with Crippen LogP contribution in [0.1, 0.15) is 12.8 Å². The Kier molecular flexibility index (Phi) is 5.61. The summed E-state index contributed by atoms with van der Waals surface area (Å²) in [6.45, 7) is -0.148. The highest BCUT2D eigenvalue weighted by Gasteiger charge is 2.36. The number of sulfonamides is 1. The molecule has 0 aromatic heterocycles. The number of halogens is 2. The van der Waals surface area contributed by atoms with Crippen molar-refractivity contribution in [2.45, 2.75) is 28.7 Å². The van der Waals surface area contributed by atoms with Gasteiger partial charge in [0.25, 0.3) is 10.1 Å². The van der Waals surface area contributed by atoms with E-state index in [-0.39, 0.29) is 22.9 Å². The minimum Gasteiger partial charge on any atom is -0.265 e. The largest absolute Gasteiger partial charge is 0.297 e. The second-order valence-corrected chi connectivity index (χ2v) is 9.56. The zero-order valence-electron chi connectivity index (χ0n) is 14.1. The Hall–Kier alpha value is -1.88. The molecule has 1 fully saturated rings. The SMILES string of the molecule is O=S(=O)(OC[C@@H]1CCCN1S(=O)(=O)c1ccc(F)cc1)c1ccc(F)cc1. The first-order chi connectivity index (χ1) is 12.7. The van der Waals surface area contributed by atoms with Gasteiger partial charge in [0, 0.05) is 6.54 Å². The van der Waals surface area contributed by atoms with Crippen molar-refractivity contribution < 1.29 is 29.8 Å². The van der Waals surface area contributed by atoms with Gasteiger partial charge < -0.3 is 0 Å². The highest BCUT2D eigenvalue weighted by molar-refractivity contribution is 7.89. The molecule has 0 amide bonds. The molecule has 3 rings (SSSR count). The molecule has 1 atom stereocenters. The molecular weight excluding hydrogens is 400 g/mol. The number of benzene rings is 2. The van der Waals surface area contributed by atoms with Crippen molar-refractivity contribution in [3.8, 4) is 0 Å². The number of nitrogens with zero attached hydrogens (tertiary/aromatic N) is 1. The molecule has 1 saturated heterocycles. The fourth-order valence-corrected chi connectivity index (χ4v) is 5.49. The first-order valence-corrected chi connectivity index (χ1v) is 11.0. The van der Waals surface area contributed by atoms with E-state index in [0.717, 1.165) is 48.5 Å². The molecule has 0 N–H and O–H groups in total. The molecule has 2 aromatic rings. The number of rotatable bonds is 6. The van der Waals surface area contributed by atoms with E-state index in [9.17, 15) is 25.6 Å². The van der Waals surface area contributed by atoms with Crippen molar-refractivity contribution in [2.24, 2.45) is 0 Å². The van der Waals surface area contributed by atoms with Gasteiger partial charge in [-0.15, -0.1) is 0 Å². The van der Waals surface area contributed by atoms with E-state index in [1.807, 2.05) is 0 Å². The highest BCUT2D eigenvalue weighted by atomic mass is 32.2. The van der Waals surface area contributed by atoms with Gasteiger partial charge in [0.05, 0.1) is 22.4 Å². The lowest BCUT2D eigenvalue weighted by molar-refractivity contribution is 0.237. The Morgan fingerprint density at radius 3 is 1.96 bits per heavy atom. The van der Waals surface area contributed by atoms with Crippen molar-refractivity contribution in [3.63, 3.8) is 0 Å². The van der Waals surface area contributed by atoms with Crippen LogP contribution in [-0.4, -0.2) is 40.3 Å². The van der Waals surface area contributed by atoms with Crippen molar-refractivity contribution >= 4 is 20.1 Å². The van der Waals surface area contributed by atoms with Crippen molar-refractivity contribution in [1.82, 2.24) is 4.31 Å². The van der Waals surface area contributed by atoms with Gasteiger partial charge >= 0.3 is 0 Å². The average molecular weight is 417 g/mol. The van der Waals surface area contributed by atoms with Crippen LogP contribution in [0.25, 0.3) is 0 Å². The van der Waals surface area contributed by atoms with Crippen LogP contribution in [0.2, 0.25) is 0 Å². The molecule has 0 radical (unpaired) electrons. The standard InChI is InChI=1S/C17H17F2NO5S2/c18-13-3-7-16(8-4-13)26(21,22)20-11-1-2-15(20)12-25-27(23,24)17-9-5-14(19)6-10-17/h3-10,15H,1-2,11-12H2/t15-/m0/s1. The predicted octanol–water partition coefficient (Wildman–Crippen LogP) is 2.52. The lowest BCUT2D eigenvalue weighted by Gasteiger charge is -2.23. The molecular formula is C17H17F2NO5S2. The van der Waals surface area contributed by atoms with Crippen LogP contribution in [0.15, 0.2) is 58.3 Å². The van der Waals surface area contributed by atoms with E-state index < -0.39 is 37.8 Å². The molecule has 1 heterocycles. The topological polar surface area (TPSA) is 80.8 Å². The van der Waals surface area contributed by atoms with Gasteiger partial charge in [-0.3, -0.25) is 4.18 Å². The molecule has 0 spiro atoms. The van der Waals surface area contributed by atoms with E-state index >= 15 is 0 Å². The third-order valence-corrected chi connectivity index (χ3v) is 7.52. The summed E-state index contributed by atoms with van der Waals surface area (Å²) in [5.74, 6) is -1.14. The van der Waals surface area contributed by atoms with Crippen LogP contribution < -0.4 is 0 Å². The summed E-state index contributed by atoms with van der Waals surface area (Å²) >= 11 is 0. The van der Waals surface area contributed by atoms with Crippen LogP contribution in [0.3, 0.4) is 0 Å². The van der Waals surface area contributed by atoms with Crippen LogP contribution >= 0.6 is 0 Å². The Morgan fingerprint density at radius 2 is 1.41 bits per heavy atom. The summed E-state index contributed by atoms with van der Waals surface area (Å²) in [4.78, 5) is -0.285. The molecule has 0 bridgehead atoms. The summed E-state index contributed by atoms with van der Waals surface area (Å²) in [7, 11) is -8.04. The minimum absolute atomic E-state index is 0.0720. The molecule has 0 unspecified atom stereocenters. The molecule has 6 nitrogen and oxygen atoms in total. The normalized spacial score (nSPS) is 18.7. The van der Waals surface area contributed by atoms with Gasteiger partial charge in [-0.25, -0.2) is 17.2 Å². The first-order valence-electron chi connectivity index (χ1n) is 8.12. The van der Waals surface area contributed by atoms with Gasteiger partial charge in [-0.05, 0) is 61.4 Å². The van der Waals surface area contributed by atoms with Crippen LogP contribution in [0.4, 0.5) is 8.78 Å². The average Bonchev–Trinajstić information content (AvgIpc) is 3.10. The third-order valence-electron chi connectivity index (χ3n) is 4.26. The molecule has 0 aliphatic carbocycles. The second kappa shape index (κ2) is 7.63. The Balaban J connectivity index is 1.75. The highest BCUT2D eigenvalue weighted by Crippen LogP contribution is 2.27. The van der Waals surface area contributed by atoms with Crippen molar-refractivity contribution in [1.29, 1.82) is 0 Å². The number of hydrogen-bond donors (Lipinski definition) is 0. The maximum atomic E-state index is 13.0. The molecule has 2 aromatic carbocycles. The van der Waals surface area contributed by atoms with E-state index in [1.54, 1.807) is 0 Å². The predicted molar refractivity (Wildman–Crippen MR) is 92.9 cm³/mol. The van der Waals surface area contributed by atoms with Crippen molar-refractivity contribution in [3.05, 3.63) is 60.2 Å². The Morgan fingerprint density at radius 1 is 0.889 bits per heavy atom. The lowest BCUT2D eigenvalue weighted by atomic mass is 10.2. The zero-order valence-corrected chi connectivity index (χ0v) is 15.7. The molecule has 146 valence electrons. The first kappa shape index (κ1) is 19.9.